The van der Waals surface area contributed by atoms with Crippen molar-refractivity contribution in [1.29, 1.82) is 0 Å². The Balaban J connectivity index is 1.92. The molecule has 0 saturated carbocycles. The summed E-state index contributed by atoms with van der Waals surface area (Å²) < 4.78 is 5.19. The van der Waals surface area contributed by atoms with Gasteiger partial charge in [0, 0.05) is 19.2 Å². The van der Waals surface area contributed by atoms with Crippen molar-refractivity contribution in [1.82, 2.24) is 4.90 Å². The minimum Gasteiger partial charge on any atom is -0.383 e. The highest BCUT2D eigenvalue weighted by Gasteiger charge is 2.35. The summed E-state index contributed by atoms with van der Waals surface area (Å²) in [5.74, 6) is 0. The predicted molar refractivity (Wildman–Crippen MR) is 44.6 cm³/mol. The van der Waals surface area contributed by atoms with Crippen molar-refractivity contribution in [2.75, 3.05) is 20.3 Å². The van der Waals surface area contributed by atoms with Crippen molar-refractivity contribution in [3.8, 4) is 0 Å². The van der Waals surface area contributed by atoms with Gasteiger partial charge < -0.3 is 4.74 Å². The fourth-order valence-electron chi connectivity index (χ4n) is 2.57. The number of hydrogen-bond donors (Lipinski definition) is 0. The molecule has 0 aromatic rings. The van der Waals surface area contributed by atoms with Crippen LogP contribution in [-0.4, -0.2) is 37.2 Å². The van der Waals surface area contributed by atoms with Crippen LogP contribution in [0.1, 0.15) is 25.7 Å². The van der Waals surface area contributed by atoms with E-state index in [0.717, 1.165) is 18.7 Å². The van der Waals surface area contributed by atoms with E-state index in [2.05, 4.69) is 4.90 Å². The highest BCUT2D eigenvalue weighted by molar-refractivity contribution is 4.91. The summed E-state index contributed by atoms with van der Waals surface area (Å²) in [4.78, 5) is 2.64. The molecule has 0 aromatic heterocycles. The second-order valence-corrected chi connectivity index (χ2v) is 3.72. The molecular weight excluding hydrogens is 138 g/mol. The molecule has 2 atom stereocenters. The number of fused-ring (bicyclic) bond motifs is 1. The number of nitrogens with zero attached hydrogens (tertiary/aromatic N) is 1. The number of ether oxygens (including phenoxy) is 1. The third-order valence-corrected chi connectivity index (χ3v) is 3.08. The molecule has 2 aliphatic heterocycles. The van der Waals surface area contributed by atoms with E-state index in [-0.39, 0.29) is 0 Å². The molecule has 0 aromatic carbocycles. The molecule has 2 heterocycles. The monoisotopic (exact) mass is 155 g/mol. The van der Waals surface area contributed by atoms with Crippen molar-refractivity contribution >= 4 is 0 Å². The first-order chi connectivity index (χ1) is 5.42. The molecule has 0 radical (unpaired) electrons. The molecule has 0 amide bonds. The molecule has 0 aliphatic carbocycles. The SMILES string of the molecule is COCC1CCC2CCCN21. The Kier molecular flexibility index (Phi) is 2.14. The molecule has 2 rings (SSSR count). The lowest BCUT2D eigenvalue weighted by molar-refractivity contribution is 0.113. The first-order valence-corrected chi connectivity index (χ1v) is 4.66. The Labute approximate surface area is 68.5 Å². The van der Waals surface area contributed by atoms with Crippen molar-refractivity contribution < 1.29 is 4.74 Å². The van der Waals surface area contributed by atoms with Gasteiger partial charge in [0.25, 0.3) is 0 Å². The van der Waals surface area contributed by atoms with Gasteiger partial charge >= 0.3 is 0 Å². The summed E-state index contributed by atoms with van der Waals surface area (Å²) in [5.41, 5.74) is 0. The van der Waals surface area contributed by atoms with E-state index in [9.17, 15) is 0 Å². The van der Waals surface area contributed by atoms with Crippen LogP contribution >= 0.6 is 0 Å². The van der Waals surface area contributed by atoms with Crippen molar-refractivity contribution in [2.24, 2.45) is 0 Å². The average molecular weight is 155 g/mol. The molecule has 64 valence electrons. The Bertz CT molecular complexity index is 136. The summed E-state index contributed by atoms with van der Waals surface area (Å²) in [6, 6.07) is 1.66. The zero-order valence-electron chi connectivity index (χ0n) is 7.25. The van der Waals surface area contributed by atoms with E-state index < -0.39 is 0 Å². The van der Waals surface area contributed by atoms with Gasteiger partial charge in [-0.2, -0.15) is 0 Å². The van der Waals surface area contributed by atoms with Crippen molar-refractivity contribution in [2.45, 2.75) is 37.8 Å². The van der Waals surface area contributed by atoms with Crippen molar-refractivity contribution in [3.63, 3.8) is 0 Å². The van der Waals surface area contributed by atoms with Crippen LogP contribution in [0.5, 0.6) is 0 Å². The van der Waals surface area contributed by atoms with Crippen LogP contribution in [0, 0.1) is 0 Å². The molecule has 0 N–H and O–H groups in total. The highest BCUT2D eigenvalue weighted by atomic mass is 16.5. The van der Waals surface area contributed by atoms with Crippen LogP contribution in [0.3, 0.4) is 0 Å². The molecular formula is C9H17NO. The lowest BCUT2D eigenvalue weighted by Gasteiger charge is -2.22. The highest BCUT2D eigenvalue weighted by Crippen LogP contribution is 2.32. The number of hydrogen-bond acceptors (Lipinski definition) is 2. The number of rotatable bonds is 2. The van der Waals surface area contributed by atoms with Gasteiger partial charge in [-0.3, -0.25) is 4.90 Å². The molecule has 11 heavy (non-hydrogen) atoms. The molecule has 2 nitrogen and oxygen atoms in total. The maximum atomic E-state index is 5.19. The lowest BCUT2D eigenvalue weighted by atomic mass is 10.1. The van der Waals surface area contributed by atoms with E-state index >= 15 is 0 Å². The second kappa shape index (κ2) is 3.11. The summed E-state index contributed by atoms with van der Waals surface area (Å²) in [6.45, 7) is 2.26. The van der Waals surface area contributed by atoms with E-state index in [1.165, 1.54) is 32.2 Å². The van der Waals surface area contributed by atoms with Crippen LogP contribution in [0.25, 0.3) is 0 Å². The molecule has 2 aliphatic rings. The smallest absolute Gasteiger partial charge is 0.0618 e. The van der Waals surface area contributed by atoms with E-state index in [4.69, 9.17) is 4.74 Å². The van der Waals surface area contributed by atoms with Crippen LogP contribution in [-0.2, 0) is 4.74 Å². The van der Waals surface area contributed by atoms with E-state index in [0.29, 0.717) is 0 Å². The normalized spacial score (nSPS) is 37.9. The van der Waals surface area contributed by atoms with Crippen LogP contribution in [0.4, 0.5) is 0 Å². The lowest BCUT2D eigenvalue weighted by Crippen LogP contribution is -2.34. The largest absolute Gasteiger partial charge is 0.383 e. The van der Waals surface area contributed by atoms with Gasteiger partial charge in [-0.25, -0.2) is 0 Å². The topological polar surface area (TPSA) is 12.5 Å². The first kappa shape index (κ1) is 7.56. The summed E-state index contributed by atoms with van der Waals surface area (Å²) in [6.07, 6.45) is 5.61. The molecule has 0 spiro atoms. The Morgan fingerprint density at radius 2 is 2.27 bits per heavy atom. The third kappa shape index (κ3) is 1.30. The molecule has 2 fully saturated rings. The standard InChI is InChI=1S/C9H17NO/c1-11-7-9-5-4-8-3-2-6-10(8)9/h8-9H,2-7H2,1H3. The Hall–Kier alpha value is -0.0800. The van der Waals surface area contributed by atoms with Gasteiger partial charge in [-0.15, -0.1) is 0 Å². The quantitative estimate of drug-likeness (QED) is 0.595. The summed E-state index contributed by atoms with van der Waals surface area (Å²) >= 11 is 0. The maximum absolute atomic E-state index is 5.19. The van der Waals surface area contributed by atoms with Crippen LogP contribution in [0.2, 0.25) is 0 Å². The van der Waals surface area contributed by atoms with Gasteiger partial charge in [0.05, 0.1) is 6.61 Å². The van der Waals surface area contributed by atoms with Gasteiger partial charge in [0.2, 0.25) is 0 Å². The predicted octanol–water partition coefficient (Wildman–Crippen LogP) is 1.26. The molecule has 0 bridgehead atoms. The Morgan fingerprint density at radius 3 is 3.09 bits per heavy atom. The third-order valence-electron chi connectivity index (χ3n) is 3.08. The zero-order chi connectivity index (χ0) is 7.68. The fraction of sp³-hybridized carbons (Fsp3) is 1.00. The maximum Gasteiger partial charge on any atom is 0.0618 e. The fourth-order valence-corrected chi connectivity index (χ4v) is 2.57. The second-order valence-electron chi connectivity index (χ2n) is 3.72. The van der Waals surface area contributed by atoms with E-state index in [1.54, 1.807) is 0 Å². The molecule has 2 saturated heterocycles. The van der Waals surface area contributed by atoms with Crippen molar-refractivity contribution in [3.05, 3.63) is 0 Å². The van der Waals surface area contributed by atoms with Gasteiger partial charge in [0.15, 0.2) is 0 Å². The molecule has 2 unspecified atom stereocenters. The van der Waals surface area contributed by atoms with Gasteiger partial charge in [-0.1, -0.05) is 0 Å². The van der Waals surface area contributed by atoms with Gasteiger partial charge in [-0.05, 0) is 32.2 Å². The van der Waals surface area contributed by atoms with Gasteiger partial charge in [0.1, 0.15) is 0 Å². The summed E-state index contributed by atoms with van der Waals surface area (Å²) in [7, 11) is 1.81. The summed E-state index contributed by atoms with van der Waals surface area (Å²) in [5, 5.41) is 0. The first-order valence-electron chi connectivity index (χ1n) is 4.66. The van der Waals surface area contributed by atoms with Crippen LogP contribution in [0.15, 0.2) is 0 Å². The van der Waals surface area contributed by atoms with E-state index in [1.807, 2.05) is 7.11 Å². The Morgan fingerprint density at radius 1 is 1.36 bits per heavy atom. The average Bonchev–Trinajstić information content (AvgIpc) is 2.53. The minimum absolute atomic E-state index is 0.743. The number of methoxy groups -OCH3 is 1. The zero-order valence-corrected chi connectivity index (χ0v) is 7.25. The minimum atomic E-state index is 0.743. The van der Waals surface area contributed by atoms with Crippen LogP contribution < -0.4 is 0 Å². The molecule has 2 heteroatoms.